The molecule has 1 fully saturated rings. The first-order valence-electron chi connectivity index (χ1n) is 7.60. The van der Waals surface area contributed by atoms with Crippen LogP contribution >= 0.6 is 0 Å². The second kappa shape index (κ2) is 6.20. The zero-order valence-electron chi connectivity index (χ0n) is 12.6. The number of aldehydes is 1. The minimum absolute atomic E-state index is 0.0928. The fourth-order valence-electron chi connectivity index (χ4n) is 3.18. The molecule has 0 spiro atoms. The van der Waals surface area contributed by atoms with Crippen LogP contribution in [0.15, 0.2) is 36.4 Å². The number of rotatable bonds is 3. The van der Waals surface area contributed by atoms with Gasteiger partial charge in [-0.2, -0.15) is 0 Å². The highest BCUT2D eigenvalue weighted by atomic mass is 16.4. The fraction of sp³-hybridized carbons (Fsp3) is 0.278. The molecule has 1 N–H and O–H groups in total. The number of amides is 1. The molecule has 1 aliphatic rings. The van der Waals surface area contributed by atoms with Crippen molar-refractivity contribution in [2.24, 2.45) is 5.92 Å². The quantitative estimate of drug-likeness (QED) is 0.697. The Bertz CT molecular complexity index is 784. The molecular weight excluding hydrogens is 294 g/mol. The van der Waals surface area contributed by atoms with E-state index in [1.807, 2.05) is 24.3 Å². The molecule has 118 valence electrons. The molecular formula is C18H17NO4. The molecule has 2 aromatic rings. The number of Topliss-reactive ketones (excluding diaryl/α,β-unsaturated/α-hetero) is 1. The van der Waals surface area contributed by atoms with Crippen molar-refractivity contribution in [2.75, 3.05) is 13.1 Å². The zero-order chi connectivity index (χ0) is 16.4. The maximum Gasteiger partial charge on any atom is 0.407 e. The van der Waals surface area contributed by atoms with Crippen LogP contribution in [0.3, 0.4) is 0 Å². The van der Waals surface area contributed by atoms with Crippen molar-refractivity contribution in [3.63, 3.8) is 0 Å². The lowest BCUT2D eigenvalue weighted by Crippen LogP contribution is -2.41. The lowest BCUT2D eigenvalue weighted by molar-refractivity contribution is 0.0807. The van der Waals surface area contributed by atoms with Gasteiger partial charge >= 0.3 is 6.09 Å². The Morgan fingerprint density at radius 2 is 2.00 bits per heavy atom. The predicted molar refractivity (Wildman–Crippen MR) is 86.0 cm³/mol. The van der Waals surface area contributed by atoms with Gasteiger partial charge in [0, 0.05) is 30.1 Å². The monoisotopic (exact) mass is 311 g/mol. The van der Waals surface area contributed by atoms with Crippen molar-refractivity contribution in [1.82, 2.24) is 4.90 Å². The summed E-state index contributed by atoms with van der Waals surface area (Å²) in [4.78, 5) is 36.4. The number of nitrogens with zero attached hydrogens (tertiary/aromatic N) is 1. The molecule has 1 aliphatic heterocycles. The number of likely N-dealkylation sites (tertiary alicyclic amines) is 1. The minimum Gasteiger partial charge on any atom is -0.465 e. The van der Waals surface area contributed by atoms with E-state index < -0.39 is 6.09 Å². The molecule has 2 aromatic carbocycles. The van der Waals surface area contributed by atoms with Crippen molar-refractivity contribution in [3.8, 4) is 0 Å². The lowest BCUT2D eigenvalue weighted by Gasteiger charge is -2.29. The van der Waals surface area contributed by atoms with Crippen LogP contribution in [0.2, 0.25) is 0 Å². The second-order valence-corrected chi connectivity index (χ2v) is 5.84. The number of benzene rings is 2. The summed E-state index contributed by atoms with van der Waals surface area (Å²) >= 11 is 0. The van der Waals surface area contributed by atoms with E-state index in [9.17, 15) is 14.4 Å². The number of piperidine rings is 1. The van der Waals surface area contributed by atoms with E-state index in [-0.39, 0.29) is 18.2 Å². The lowest BCUT2D eigenvalue weighted by atomic mass is 9.88. The molecule has 1 atom stereocenters. The number of carbonyl (C=O) groups excluding carboxylic acids is 2. The summed E-state index contributed by atoms with van der Waals surface area (Å²) in [6, 6.07) is 10.8. The molecule has 5 heteroatoms. The van der Waals surface area contributed by atoms with Crippen LogP contribution in [0.25, 0.3) is 10.8 Å². The van der Waals surface area contributed by atoms with E-state index in [0.29, 0.717) is 30.5 Å². The molecule has 0 radical (unpaired) electrons. The SMILES string of the molecule is O=Cc1cc(C(=O)C2CCCN(C(=O)O)C2)cc2ccccc12. The van der Waals surface area contributed by atoms with E-state index in [2.05, 4.69) is 0 Å². The van der Waals surface area contributed by atoms with E-state index in [4.69, 9.17) is 5.11 Å². The van der Waals surface area contributed by atoms with Crippen LogP contribution in [0.4, 0.5) is 4.79 Å². The third kappa shape index (κ3) is 2.95. The molecule has 1 unspecified atom stereocenters. The summed E-state index contributed by atoms with van der Waals surface area (Å²) in [7, 11) is 0. The second-order valence-electron chi connectivity index (χ2n) is 5.84. The van der Waals surface area contributed by atoms with E-state index in [1.165, 1.54) is 4.90 Å². The first-order chi connectivity index (χ1) is 11.1. The van der Waals surface area contributed by atoms with E-state index in [1.54, 1.807) is 12.1 Å². The van der Waals surface area contributed by atoms with Crippen molar-refractivity contribution >= 4 is 28.9 Å². The molecule has 23 heavy (non-hydrogen) atoms. The topological polar surface area (TPSA) is 74.7 Å². The van der Waals surface area contributed by atoms with E-state index in [0.717, 1.165) is 17.1 Å². The standard InChI is InChI=1S/C18H17NO4/c20-11-15-9-14(8-12-4-1-2-6-16(12)15)17(21)13-5-3-7-19(10-13)18(22)23/h1-2,4,6,8-9,11,13H,3,5,7,10H2,(H,22,23). The Kier molecular flexibility index (Phi) is 4.10. The summed E-state index contributed by atoms with van der Waals surface area (Å²) in [5.74, 6) is -0.440. The molecule has 1 amide bonds. The molecule has 0 aromatic heterocycles. The van der Waals surface area contributed by atoms with E-state index >= 15 is 0 Å². The first kappa shape index (κ1) is 15.2. The maximum atomic E-state index is 12.7. The summed E-state index contributed by atoms with van der Waals surface area (Å²) in [6.45, 7) is 0.688. The Morgan fingerprint density at radius 3 is 2.74 bits per heavy atom. The van der Waals surface area contributed by atoms with Gasteiger partial charge in [-0.3, -0.25) is 9.59 Å². The van der Waals surface area contributed by atoms with Crippen molar-refractivity contribution in [2.45, 2.75) is 12.8 Å². The van der Waals surface area contributed by atoms with Crippen molar-refractivity contribution in [3.05, 3.63) is 47.5 Å². The third-order valence-electron chi connectivity index (χ3n) is 4.37. The van der Waals surface area contributed by atoms with Crippen LogP contribution in [0, 0.1) is 5.92 Å². The van der Waals surface area contributed by atoms with Gasteiger partial charge in [-0.1, -0.05) is 24.3 Å². The summed E-state index contributed by atoms with van der Waals surface area (Å²) < 4.78 is 0. The van der Waals surface area contributed by atoms with Gasteiger partial charge in [0.15, 0.2) is 12.1 Å². The number of hydrogen-bond donors (Lipinski definition) is 1. The third-order valence-corrected chi connectivity index (χ3v) is 4.37. The molecule has 5 nitrogen and oxygen atoms in total. The predicted octanol–water partition coefficient (Wildman–Crippen LogP) is 3.23. The minimum atomic E-state index is -0.991. The first-order valence-corrected chi connectivity index (χ1v) is 7.60. The number of hydrogen-bond acceptors (Lipinski definition) is 3. The summed E-state index contributed by atoms with van der Waals surface area (Å²) in [5, 5.41) is 10.8. The smallest absolute Gasteiger partial charge is 0.407 e. The Hall–Kier alpha value is -2.69. The molecule has 0 bridgehead atoms. The average molecular weight is 311 g/mol. The van der Waals surface area contributed by atoms with Gasteiger partial charge in [0.1, 0.15) is 0 Å². The molecule has 3 rings (SSSR count). The average Bonchev–Trinajstić information content (AvgIpc) is 2.60. The normalized spacial score (nSPS) is 17.9. The largest absolute Gasteiger partial charge is 0.465 e. The van der Waals surface area contributed by atoms with Crippen LogP contribution in [0.5, 0.6) is 0 Å². The van der Waals surface area contributed by atoms with Crippen LogP contribution in [0.1, 0.15) is 33.6 Å². The zero-order valence-corrected chi connectivity index (χ0v) is 12.6. The van der Waals surface area contributed by atoms with Crippen LogP contribution < -0.4 is 0 Å². The van der Waals surface area contributed by atoms with Crippen molar-refractivity contribution in [1.29, 1.82) is 0 Å². The number of ketones is 1. The van der Waals surface area contributed by atoms with Crippen molar-refractivity contribution < 1.29 is 19.5 Å². The van der Waals surface area contributed by atoms with Gasteiger partial charge in [0.05, 0.1) is 0 Å². The highest BCUT2D eigenvalue weighted by Crippen LogP contribution is 2.25. The summed E-state index contributed by atoms with van der Waals surface area (Å²) in [5.41, 5.74) is 0.959. The number of fused-ring (bicyclic) bond motifs is 1. The van der Waals surface area contributed by atoms with Gasteiger partial charge in [-0.25, -0.2) is 4.79 Å². The number of carboxylic acid groups (broad SMARTS) is 1. The molecule has 1 saturated heterocycles. The number of carbonyl (C=O) groups is 3. The van der Waals surface area contributed by atoms with Gasteiger partial charge in [-0.15, -0.1) is 0 Å². The van der Waals surface area contributed by atoms with Gasteiger partial charge < -0.3 is 10.0 Å². The van der Waals surface area contributed by atoms with Gasteiger partial charge in [-0.05, 0) is 35.7 Å². The molecule has 1 heterocycles. The molecule has 0 saturated carbocycles. The van der Waals surface area contributed by atoms with Crippen LogP contribution in [-0.4, -0.2) is 41.3 Å². The Balaban J connectivity index is 1.94. The Morgan fingerprint density at radius 1 is 1.22 bits per heavy atom. The highest BCUT2D eigenvalue weighted by Gasteiger charge is 2.29. The van der Waals surface area contributed by atoms with Gasteiger partial charge in [0.25, 0.3) is 0 Å². The van der Waals surface area contributed by atoms with Gasteiger partial charge in [0.2, 0.25) is 0 Å². The van der Waals surface area contributed by atoms with Crippen LogP contribution in [-0.2, 0) is 0 Å². The maximum absolute atomic E-state index is 12.7. The molecule has 0 aliphatic carbocycles. The fourth-order valence-corrected chi connectivity index (χ4v) is 3.18. The highest BCUT2D eigenvalue weighted by molar-refractivity contribution is 6.06. The summed E-state index contributed by atoms with van der Waals surface area (Å²) in [6.07, 6.45) is 1.11. The Labute approximate surface area is 133 Å².